The van der Waals surface area contributed by atoms with Crippen LogP contribution in [0.1, 0.15) is 6.92 Å². The number of hydrogen-bond donors (Lipinski definition) is 2. The Morgan fingerprint density at radius 3 is 2.65 bits per heavy atom. The van der Waals surface area contributed by atoms with Gasteiger partial charge in [0.25, 0.3) is 0 Å². The number of nitrogen functional groups attached to an aromatic ring is 1. The Morgan fingerprint density at radius 2 is 1.94 bits per heavy atom. The van der Waals surface area contributed by atoms with Gasteiger partial charge in [0.1, 0.15) is 17.8 Å². The van der Waals surface area contributed by atoms with Gasteiger partial charge in [0.15, 0.2) is 11.5 Å². The molecule has 1 fully saturated rings. The molecule has 9 heteroatoms. The van der Waals surface area contributed by atoms with Gasteiger partial charge in [-0.25, -0.2) is 15.0 Å². The van der Waals surface area contributed by atoms with Crippen molar-refractivity contribution in [2.75, 3.05) is 23.7 Å². The summed E-state index contributed by atoms with van der Waals surface area (Å²) < 4.78 is 0.957. The van der Waals surface area contributed by atoms with Crippen molar-refractivity contribution in [1.29, 1.82) is 0 Å². The lowest BCUT2D eigenvalue weighted by molar-refractivity contribution is 0.157. The van der Waals surface area contributed by atoms with Crippen molar-refractivity contribution in [3.63, 3.8) is 0 Å². The fraction of sp³-hybridized carbons (Fsp3) is 0.227. The maximum atomic E-state index is 10.0. The molecule has 4 aromatic rings. The largest absolute Gasteiger partial charge is 0.391 e. The number of hydrogen-bond acceptors (Lipinski definition) is 8. The van der Waals surface area contributed by atoms with Crippen molar-refractivity contribution in [3.8, 4) is 22.5 Å². The number of benzene rings is 1. The molecule has 31 heavy (non-hydrogen) atoms. The van der Waals surface area contributed by atoms with Crippen molar-refractivity contribution < 1.29 is 5.11 Å². The monoisotopic (exact) mass is 477 g/mol. The third kappa shape index (κ3) is 3.70. The first kappa shape index (κ1) is 19.8. The van der Waals surface area contributed by atoms with Gasteiger partial charge in [-0.3, -0.25) is 0 Å². The molecule has 0 saturated carbocycles. The molecule has 1 aromatic carbocycles. The number of rotatable bonds is 3. The zero-order valence-corrected chi connectivity index (χ0v) is 18.4. The van der Waals surface area contributed by atoms with Gasteiger partial charge in [-0.05, 0) is 41.5 Å². The van der Waals surface area contributed by atoms with E-state index in [1.54, 1.807) is 0 Å². The second kappa shape index (κ2) is 7.82. The molecule has 3 aromatic heterocycles. The van der Waals surface area contributed by atoms with Crippen LogP contribution in [0.15, 0.2) is 53.3 Å². The number of β-amino-alcohol motifs (C(OH)–C–C–N with tert-alkyl or cyclic N) is 1. The molecule has 0 amide bonds. The lowest BCUT2D eigenvalue weighted by Crippen LogP contribution is -2.22. The first-order valence-corrected chi connectivity index (χ1v) is 10.7. The van der Waals surface area contributed by atoms with E-state index in [-0.39, 0.29) is 12.0 Å². The Kier molecular flexibility index (Phi) is 4.99. The number of aromatic nitrogens is 5. The number of anilines is 2. The fourth-order valence-corrected chi connectivity index (χ4v) is 4.27. The van der Waals surface area contributed by atoms with Crippen molar-refractivity contribution in [2.24, 2.45) is 5.92 Å². The first-order valence-electron chi connectivity index (χ1n) is 9.94. The zero-order valence-electron chi connectivity index (χ0n) is 16.8. The summed E-state index contributed by atoms with van der Waals surface area (Å²) in [5, 5.41) is 19.5. The first-order chi connectivity index (χ1) is 15.0. The lowest BCUT2D eigenvalue weighted by Gasteiger charge is -2.16. The summed E-state index contributed by atoms with van der Waals surface area (Å²) in [7, 11) is 0. The van der Waals surface area contributed by atoms with E-state index in [0.717, 1.165) is 28.0 Å². The summed E-state index contributed by atoms with van der Waals surface area (Å²) >= 11 is 3.53. The van der Waals surface area contributed by atoms with Crippen LogP contribution in [0, 0.1) is 5.92 Å². The van der Waals surface area contributed by atoms with E-state index in [0.29, 0.717) is 34.8 Å². The molecule has 8 nitrogen and oxygen atoms in total. The number of nitrogens with zero attached hydrogens (tertiary/aromatic N) is 6. The highest BCUT2D eigenvalue weighted by molar-refractivity contribution is 9.10. The molecule has 1 aliphatic heterocycles. The van der Waals surface area contributed by atoms with Gasteiger partial charge in [-0.2, -0.15) is 0 Å². The minimum atomic E-state index is -0.346. The van der Waals surface area contributed by atoms with Crippen LogP contribution in [0.3, 0.4) is 0 Å². The Bertz CT molecular complexity index is 1250. The minimum absolute atomic E-state index is 0.210. The van der Waals surface area contributed by atoms with E-state index in [2.05, 4.69) is 41.1 Å². The summed E-state index contributed by atoms with van der Waals surface area (Å²) in [6, 6.07) is 13.7. The van der Waals surface area contributed by atoms with Crippen LogP contribution in [-0.4, -0.2) is 49.4 Å². The number of halogens is 1. The molecule has 156 valence electrons. The number of nitrogens with two attached hydrogens (primary N) is 1. The third-order valence-electron chi connectivity index (χ3n) is 5.58. The van der Waals surface area contributed by atoms with Crippen molar-refractivity contribution in [2.45, 2.75) is 13.0 Å². The smallest absolute Gasteiger partial charge is 0.165 e. The SMILES string of the molecule is C[C@H]1CN(c2ccc(-c3cc(-c4cccc(Br)c4)c4c(N)ncnc4n3)nn2)C[C@@H]1O. The Labute approximate surface area is 187 Å². The number of pyridine rings is 1. The minimum Gasteiger partial charge on any atom is -0.391 e. The highest BCUT2D eigenvalue weighted by Gasteiger charge is 2.28. The summed E-state index contributed by atoms with van der Waals surface area (Å²) in [5.41, 5.74) is 9.80. The molecule has 2 atom stereocenters. The van der Waals surface area contributed by atoms with E-state index in [9.17, 15) is 5.11 Å². The summed E-state index contributed by atoms with van der Waals surface area (Å²) in [6.45, 7) is 3.35. The fourth-order valence-electron chi connectivity index (χ4n) is 3.87. The predicted octanol–water partition coefficient (Wildman–Crippen LogP) is 3.31. The number of aliphatic hydroxyl groups excluding tert-OH is 1. The zero-order chi connectivity index (χ0) is 21.5. The van der Waals surface area contributed by atoms with Gasteiger partial charge >= 0.3 is 0 Å². The van der Waals surface area contributed by atoms with E-state index < -0.39 is 0 Å². The van der Waals surface area contributed by atoms with Gasteiger partial charge in [0, 0.05) is 23.5 Å². The molecule has 0 radical (unpaired) electrons. The predicted molar refractivity (Wildman–Crippen MR) is 123 cm³/mol. The maximum Gasteiger partial charge on any atom is 0.165 e. The normalized spacial score (nSPS) is 18.6. The second-order valence-electron chi connectivity index (χ2n) is 7.75. The van der Waals surface area contributed by atoms with Gasteiger partial charge in [0.2, 0.25) is 0 Å². The van der Waals surface area contributed by atoms with Crippen LogP contribution in [0.4, 0.5) is 11.6 Å². The standard InChI is InChI=1S/C22H20BrN7O/c1-12-9-30(10-18(12)31)19-6-5-16(28-29-19)17-8-15(13-3-2-4-14(23)7-13)20-21(24)25-11-26-22(20)27-17/h2-8,11-12,18,31H,9-10H2,1H3,(H2,24,25,26,27)/t12-,18-/m0/s1. The molecule has 0 aliphatic carbocycles. The highest BCUT2D eigenvalue weighted by atomic mass is 79.9. The van der Waals surface area contributed by atoms with Crippen LogP contribution in [0.5, 0.6) is 0 Å². The van der Waals surface area contributed by atoms with Gasteiger partial charge < -0.3 is 15.7 Å². The Morgan fingerprint density at radius 1 is 1.06 bits per heavy atom. The molecule has 1 aliphatic rings. The molecule has 0 bridgehead atoms. The van der Waals surface area contributed by atoms with E-state index >= 15 is 0 Å². The van der Waals surface area contributed by atoms with Crippen LogP contribution < -0.4 is 10.6 Å². The molecule has 4 heterocycles. The average Bonchev–Trinajstić information content (AvgIpc) is 3.11. The lowest BCUT2D eigenvalue weighted by atomic mass is 10.0. The van der Waals surface area contributed by atoms with Crippen LogP contribution in [0.2, 0.25) is 0 Å². The summed E-state index contributed by atoms with van der Waals surface area (Å²) in [6.07, 6.45) is 1.06. The highest BCUT2D eigenvalue weighted by Crippen LogP contribution is 2.34. The molecule has 1 saturated heterocycles. The second-order valence-corrected chi connectivity index (χ2v) is 8.66. The maximum absolute atomic E-state index is 10.0. The van der Waals surface area contributed by atoms with Crippen LogP contribution in [0.25, 0.3) is 33.5 Å². The topological polar surface area (TPSA) is 114 Å². The molecular weight excluding hydrogens is 458 g/mol. The number of aliphatic hydroxyl groups is 1. The third-order valence-corrected chi connectivity index (χ3v) is 6.07. The van der Waals surface area contributed by atoms with E-state index in [1.165, 1.54) is 6.33 Å². The van der Waals surface area contributed by atoms with Gasteiger partial charge in [-0.15, -0.1) is 10.2 Å². The van der Waals surface area contributed by atoms with E-state index in [4.69, 9.17) is 5.73 Å². The summed E-state index contributed by atoms with van der Waals surface area (Å²) in [5.74, 6) is 1.33. The Hall–Kier alpha value is -3.17. The van der Waals surface area contributed by atoms with Gasteiger partial charge in [-0.1, -0.05) is 35.0 Å². The van der Waals surface area contributed by atoms with Crippen LogP contribution >= 0.6 is 15.9 Å². The molecule has 5 rings (SSSR count). The van der Waals surface area contributed by atoms with Crippen molar-refractivity contribution in [1.82, 2.24) is 25.1 Å². The van der Waals surface area contributed by atoms with Crippen molar-refractivity contribution in [3.05, 3.63) is 53.3 Å². The quantitative estimate of drug-likeness (QED) is 0.461. The van der Waals surface area contributed by atoms with E-state index in [1.807, 2.05) is 54.3 Å². The summed E-state index contributed by atoms with van der Waals surface area (Å²) in [4.78, 5) is 15.2. The van der Waals surface area contributed by atoms with Gasteiger partial charge in [0.05, 0.1) is 17.2 Å². The number of fused-ring (bicyclic) bond motifs is 1. The van der Waals surface area contributed by atoms with Crippen molar-refractivity contribution >= 4 is 38.6 Å². The average molecular weight is 478 g/mol. The molecule has 0 unspecified atom stereocenters. The molecule has 0 spiro atoms. The molecule has 3 N–H and O–H groups in total. The van der Waals surface area contributed by atoms with Crippen LogP contribution in [-0.2, 0) is 0 Å². The Balaban J connectivity index is 1.59. The molecular formula is C22H20BrN7O.